The van der Waals surface area contributed by atoms with E-state index in [0.717, 1.165) is 0 Å². The van der Waals surface area contributed by atoms with Gasteiger partial charge in [-0.2, -0.15) is 0 Å². The lowest BCUT2D eigenvalue weighted by Gasteiger charge is -2.10. The second kappa shape index (κ2) is 6.86. The van der Waals surface area contributed by atoms with Crippen LogP contribution in [-0.4, -0.2) is 26.5 Å². The number of sulfone groups is 1. The van der Waals surface area contributed by atoms with Gasteiger partial charge in [-0.15, -0.1) is 0 Å². The third-order valence-corrected chi connectivity index (χ3v) is 4.46. The smallest absolute Gasteiger partial charge is 0.153 e. The minimum absolute atomic E-state index is 0.0271. The first-order valence-corrected chi connectivity index (χ1v) is 8.06. The lowest BCUT2D eigenvalue weighted by molar-refractivity contribution is 0.338. The minimum atomic E-state index is -3.07. The monoisotopic (exact) mass is 289 g/mol. The van der Waals surface area contributed by atoms with Crippen LogP contribution in [0.25, 0.3) is 0 Å². The lowest BCUT2D eigenvalue weighted by atomic mass is 10.1. The van der Waals surface area contributed by atoms with Gasteiger partial charge in [0, 0.05) is 17.7 Å². The van der Waals surface area contributed by atoms with Gasteiger partial charge in [-0.1, -0.05) is 13.0 Å². The molecule has 2 N–H and O–H groups in total. The molecule has 0 saturated heterocycles. The van der Waals surface area contributed by atoms with E-state index in [1.807, 2.05) is 0 Å². The van der Waals surface area contributed by atoms with Crippen LogP contribution in [0.5, 0.6) is 5.75 Å². The van der Waals surface area contributed by atoms with Crippen molar-refractivity contribution < 1.29 is 17.5 Å². The van der Waals surface area contributed by atoms with Gasteiger partial charge < -0.3 is 10.5 Å². The quantitative estimate of drug-likeness (QED) is 0.834. The molecule has 0 aliphatic heterocycles. The summed E-state index contributed by atoms with van der Waals surface area (Å²) >= 11 is 0. The van der Waals surface area contributed by atoms with E-state index in [1.165, 1.54) is 6.07 Å². The molecule has 6 heteroatoms. The largest absolute Gasteiger partial charge is 0.492 e. The number of benzene rings is 1. The van der Waals surface area contributed by atoms with Gasteiger partial charge in [0.15, 0.2) is 9.84 Å². The standard InChI is InChI=1S/C13H20FNO3S/c1-3-7-19(16,17)8-6-18-11-4-5-12(10(2)15)13(14)9-11/h4-5,9-10H,3,6-8,15H2,1-2H3. The second-order valence-electron chi connectivity index (χ2n) is 4.47. The Morgan fingerprint density at radius 1 is 1.37 bits per heavy atom. The number of hydrogen-bond donors (Lipinski definition) is 1. The summed E-state index contributed by atoms with van der Waals surface area (Å²) in [6.45, 7) is 3.52. The fourth-order valence-corrected chi connectivity index (χ4v) is 2.83. The van der Waals surface area contributed by atoms with Crippen molar-refractivity contribution in [3.63, 3.8) is 0 Å². The molecule has 0 radical (unpaired) electrons. The van der Waals surface area contributed by atoms with E-state index in [4.69, 9.17) is 10.5 Å². The normalized spacial score (nSPS) is 13.3. The average molecular weight is 289 g/mol. The van der Waals surface area contributed by atoms with Crippen LogP contribution >= 0.6 is 0 Å². The molecule has 0 spiro atoms. The van der Waals surface area contributed by atoms with Gasteiger partial charge >= 0.3 is 0 Å². The van der Waals surface area contributed by atoms with Crippen molar-refractivity contribution in [2.75, 3.05) is 18.1 Å². The highest BCUT2D eigenvalue weighted by Crippen LogP contribution is 2.20. The number of hydrogen-bond acceptors (Lipinski definition) is 4. The molecule has 0 saturated carbocycles. The first-order chi connectivity index (χ1) is 8.85. The van der Waals surface area contributed by atoms with E-state index in [0.29, 0.717) is 17.7 Å². The van der Waals surface area contributed by atoms with Gasteiger partial charge in [0.1, 0.15) is 18.2 Å². The van der Waals surface area contributed by atoms with Crippen LogP contribution in [0.15, 0.2) is 18.2 Å². The maximum absolute atomic E-state index is 13.6. The zero-order valence-electron chi connectivity index (χ0n) is 11.2. The van der Waals surface area contributed by atoms with Crippen molar-refractivity contribution in [3.05, 3.63) is 29.6 Å². The molecule has 0 amide bonds. The van der Waals surface area contributed by atoms with Gasteiger partial charge in [0.2, 0.25) is 0 Å². The van der Waals surface area contributed by atoms with Gasteiger partial charge in [-0.25, -0.2) is 12.8 Å². The molecule has 1 aromatic rings. The maximum atomic E-state index is 13.6. The highest BCUT2D eigenvalue weighted by atomic mass is 32.2. The van der Waals surface area contributed by atoms with Crippen LogP contribution in [0.4, 0.5) is 4.39 Å². The van der Waals surface area contributed by atoms with E-state index in [9.17, 15) is 12.8 Å². The molecule has 108 valence electrons. The third-order valence-electron chi connectivity index (χ3n) is 2.64. The van der Waals surface area contributed by atoms with Crippen LogP contribution in [-0.2, 0) is 9.84 Å². The molecule has 0 aliphatic rings. The number of ether oxygens (including phenoxy) is 1. The highest BCUT2D eigenvalue weighted by Gasteiger charge is 2.11. The van der Waals surface area contributed by atoms with Gasteiger partial charge in [-0.05, 0) is 19.4 Å². The molecule has 4 nitrogen and oxygen atoms in total. The van der Waals surface area contributed by atoms with Gasteiger partial charge in [0.25, 0.3) is 0 Å². The average Bonchev–Trinajstić information content (AvgIpc) is 2.28. The Morgan fingerprint density at radius 3 is 2.58 bits per heavy atom. The van der Waals surface area contributed by atoms with E-state index in [1.54, 1.807) is 26.0 Å². The topological polar surface area (TPSA) is 69.4 Å². The molecule has 0 aliphatic carbocycles. The van der Waals surface area contributed by atoms with Crippen LogP contribution in [0.2, 0.25) is 0 Å². The Balaban J connectivity index is 2.58. The summed E-state index contributed by atoms with van der Waals surface area (Å²) in [5, 5.41) is 0. The predicted molar refractivity (Wildman–Crippen MR) is 73.4 cm³/mol. The van der Waals surface area contributed by atoms with Crippen molar-refractivity contribution in [2.24, 2.45) is 5.73 Å². The zero-order valence-corrected chi connectivity index (χ0v) is 12.0. The first kappa shape index (κ1) is 15.9. The fourth-order valence-electron chi connectivity index (χ4n) is 1.67. The summed E-state index contributed by atoms with van der Waals surface area (Å²) in [5.41, 5.74) is 6.00. The van der Waals surface area contributed by atoms with Crippen molar-refractivity contribution in [3.8, 4) is 5.75 Å². The Morgan fingerprint density at radius 2 is 2.05 bits per heavy atom. The van der Waals surface area contributed by atoms with E-state index < -0.39 is 15.7 Å². The Hall–Kier alpha value is -1.14. The molecule has 1 unspecified atom stereocenters. The molecule has 1 aromatic carbocycles. The van der Waals surface area contributed by atoms with E-state index in [-0.39, 0.29) is 24.2 Å². The fraction of sp³-hybridized carbons (Fsp3) is 0.538. The van der Waals surface area contributed by atoms with E-state index >= 15 is 0 Å². The molecule has 0 fully saturated rings. The highest BCUT2D eigenvalue weighted by molar-refractivity contribution is 7.91. The van der Waals surface area contributed by atoms with Gasteiger partial charge in [0.05, 0.1) is 11.5 Å². The van der Waals surface area contributed by atoms with E-state index in [2.05, 4.69) is 0 Å². The van der Waals surface area contributed by atoms with Crippen LogP contribution in [0.1, 0.15) is 31.9 Å². The summed E-state index contributed by atoms with van der Waals surface area (Å²) in [7, 11) is -3.07. The SMILES string of the molecule is CCCS(=O)(=O)CCOc1ccc(C(C)N)c(F)c1. The third kappa shape index (κ3) is 5.16. The van der Waals surface area contributed by atoms with Crippen LogP contribution < -0.4 is 10.5 Å². The minimum Gasteiger partial charge on any atom is -0.492 e. The summed E-state index contributed by atoms with van der Waals surface area (Å²) < 4.78 is 41.8. The van der Waals surface area contributed by atoms with Crippen molar-refractivity contribution in [2.45, 2.75) is 26.3 Å². The number of rotatable bonds is 7. The Bertz CT molecular complexity index is 515. The number of nitrogens with two attached hydrogens (primary N) is 1. The summed E-state index contributed by atoms with van der Waals surface area (Å²) in [6.07, 6.45) is 0.583. The van der Waals surface area contributed by atoms with Crippen molar-refractivity contribution >= 4 is 9.84 Å². The van der Waals surface area contributed by atoms with Crippen molar-refractivity contribution in [1.29, 1.82) is 0 Å². The Kier molecular flexibility index (Phi) is 5.75. The summed E-state index contributed by atoms with van der Waals surface area (Å²) in [4.78, 5) is 0. The Labute approximate surface area is 113 Å². The maximum Gasteiger partial charge on any atom is 0.153 e. The molecular weight excluding hydrogens is 269 g/mol. The molecule has 1 rings (SSSR count). The van der Waals surface area contributed by atoms with Gasteiger partial charge in [-0.3, -0.25) is 0 Å². The summed E-state index contributed by atoms with van der Waals surface area (Å²) in [5.74, 6) is -0.0382. The molecule has 1 atom stereocenters. The van der Waals surface area contributed by atoms with Crippen molar-refractivity contribution in [1.82, 2.24) is 0 Å². The molecule has 0 aromatic heterocycles. The molecular formula is C13H20FNO3S. The molecule has 19 heavy (non-hydrogen) atoms. The van der Waals surface area contributed by atoms with Crippen LogP contribution in [0.3, 0.4) is 0 Å². The summed E-state index contributed by atoms with van der Waals surface area (Å²) in [6, 6.07) is 3.98. The lowest BCUT2D eigenvalue weighted by Crippen LogP contribution is -2.16. The zero-order chi connectivity index (χ0) is 14.5. The first-order valence-electron chi connectivity index (χ1n) is 6.24. The predicted octanol–water partition coefficient (Wildman–Crippen LogP) is 2.05. The van der Waals surface area contributed by atoms with Crippen LogP contribution in [0, 0.1) is 5.82 Å². The second-order valence-corrected chi connectivity index (χ2v) is 6.78. The molecule has 0 bridgehead atoms. The number of halogens is 1. The molecule has 0 heterocycles.